The summed E-state index contributed by atoms with van der Waals surface area (Å²) < 4.78 is 39.1. The second-order valence-corrected chi connectivity index (χ2v) is 6.20. The Morgan fingerprint density at radius 1 is 1.39 bits per heavy atom. The Labute approximate surface area is 138 Å². The van der Waals surface area contributed by atoms with Gasteiger partial charge in [0.2, 0.25) is 5.91 Å². The van der Waals surface area contributed by atoms with Gasteiger partial charge in [0, 0.05) is 11.1 Å². The van der Waals surface area contributed by atoms with Crippen LogP contribution in [0.3, 0.4) is 0 Å². The summed E-state index contributed by atoms with van der Waals surface area (Å²) >= 11 is 5.63. The SMILES string of the molecule is CCC1CCCCN1CC(=O)Nc1ccc(Cl)cc1C(F)(F)F. The van der Waals surface area contributed by atoms with Crippen LogP contribution in [0.5, 0.6) is 0 Å². The smallest absolute Gasteiger partial charge is 0.324 e. The first-order chi connectivity index (χ1) is 10.8. The van der Waals surface area contributed by atoms with Gasteiger partial charge in [-0.1, -0.05) is 24.9 Å². The Balaban J connectivity index is 2.08. The average Bonchev–Trinajstić information content (AvgIpc) is 2.48. The minimum atomic E-state index is -4.56. The Kier molecular flexibility index (Phi) is 5.92. The molecule has 1 heterocycles. The third-order valence-corrected chi connectivity index (χ3v) is 4.36. The van der Waals surface area contributed by atoms with E-state index >= 15 is 0 Å². The van der Waals surface area contributed by atoms with Gasteiger partial charge in [-0.25, -0.2) is 0 Å². The normalized spacial score (nSPS) is 19.6. The van der Waals surface area contributed by atoms with Crippen molar-refractivity contribution in [2.45, 2.75) is 44.8 Å². The van der Waals surface area contributed by atoms with E-state index in [0.717, 1.165) is 38.3 Å². The Bertz CT molecular complexity index is 563. The highest BCUT2D eigenvalue weighted by Gasteiger charge is 2.34. The predicted octanol–water partition coefficient (Wildman–Crippen LogP) is 4.56. The summed E-state index contributed by atoms with van der Waals surface area (Å²) in [5.74, 6) is -0.432. The maximum atomic E-state index is 13.0. The molecule has 0 saturated carbocycles. The van der Waals surface area contributed by atoms with Gasteiger partial charge in [0.05, 0.1) is 17.8 Å². The van der Waals surface area contributed by atoms with Crippen LogP contribution in [0.15, 0.2) is 18.2 Å². The summed E-state index contributed by atoms with van der Waals surface area (Å²) in [6.45, 7) is 2.97. The molecule has 0 aromatic heterocycles. The van der Waals surface area contributed by atoms with Crippen LogP contribution in [0.4, 0.5) is 18.9 Å². The molecule has 0 bridgehead atoms. The third-order valence-electron chi connectivity index (χ3n) is 4.13. The highest BCUT2D eigenvalue weighted by molar-refractivity contribution is 6.30. The minimum absolute atomic E-state index is 0.0163. The van der Waals surface area contributed by atoms with Gasteiger partial charge in [-0.2, -0.15) is 13.2 Å². The molecule has 0 radical (unpaired) electrons. The number of anilines is 1. The molecule has 1 unspecified atom stereocenters. The number of amides is 1. The number of benzene rings is 1. The zero-order valence-corrected chi connectivity index (χ0v) is 13.7. The topological polar surface area (TPSA) is 32.3 Å². The number of hydrogen-bond acceptors (Lipinski definition) is 2. The maximum Gasteiger partial charge on any atom is 0.418 e. The molecule has 2 rings (SSSR count). The predicted molar refractivity (Wildman–Crippen MR) is 84.6 cm³/mol. The molecule has 7 heteroatoms. The number of nitrogens with one attached hydrogen (secondary N) is 1. The molecule has 1 saturated heterocycles. The Morgan fingerprint density at radius 2 is 2.13 bits per heavy atom. The van der Waals surface area contributed by atoms with Gasteiger partial charge in [-0.05, 0) is 44.0 Å². The van der Waals surface area contributed by atoms with Crippen molar-refractivity contribution in [2.75, 3.05) is 18.4 Å². The summed E-state index contributed by atoms with van der Waals surface area (Å²) in [5.41, 5.74) is -1.18. The summed E-state index contributed by atoms with van der Waals surface area (Å²) in [4.78, 5) is 14.2. The van der Waals surface area contributed by atoms with E-state index in [-0.39, 0.29) is 17.3 Å². The second-order valence-electron chi connectivity index (χ2n) is 5.76. The molecule has 0 spiro atoms. The first kappa shape index (κ1) is 18.1. The van der Waals surface area contributed by atoms with Crippen LogP contribution in [0.2, 0.25) is 5.02 Å². The summed E-state index contributed by atoms with van der Waals surface area (Å²) in [7, 11) is 0. The number of alkyl halides is 3. The van der Waals surface area contributed by atoms with Crippen molar-refractivity contribution < 1.29 is 18.0 Å². The largest absolute Gasteiger partial charge is 0.418 e. The van der Waals surface area contributed by atoms with Crippen molar-refractivity contribution in [2.24, 2.45) is 0 Å². The Hall–Kier alpha value is -1.27. The van der Waals surface area contributed by atoms with Crippen molar-refractivity contribution in [3.05, 3.63) is 28.8 Å². The lowest BCUT2D eigenvalue weighted by atomic mass is 10.00. The number of carbonyl (C=O) groups excluding carboxylic acids is 1. The van der Waals surface area contributed by atoms with Gasteiger partial charge >= 0.3 is 6.18 Å². The van der Waals surface area contributed by atoms with E-state index in [0.29, 0.717) is 6.04 Å². The van der Waals surface area contributed by atoms with Crippen LogP contribution >= 0.6 is 11.6 Å². The fourth-order valence-electron chi connectivity index (χ4n) is 2.96. The molecule has 1 aliphatic heterocycles. The molecular formula is C16H20ClF3N2O. The summed E-state index contributed by atoms with van der Waals surface area (Å²) in [6, 6.07) is 3.67. The first-order valence-corrected chi connectivity index (χ1v) is 8.09. The molecule has 1 aromatic carbocycles. The van der Waals surface area contributed by atoms with Crippen LogP contribution in [-0.4, -0.2) is 29.9 Å². The highest BCUT2D eigenvalue weighted by atomic mass is 35.5. The minimum Gasteiger partial charge on any atom is -0.324 e. The second kappa shape index (κ2) is 7.53. The van der Waals surface area contributed by atoms with E-state index in [1.54, 1.807) is 0 Å². The molecule has 128 valence electrons. The molecule has 3 nitrogen and oxygen atoms in total. The molecule has 0 aliphatic carbocycles. The molecule has 1 amide bonds. The van der Waals surface area contributed by atoms with Gasteiger partial charge in [-0.3, -0.25) is 9.69 Å². The summed E-state index contributed by atoms with van der Waals surface area (Å²) in [5, 5.41) is 2.36. The number of hydrogen-bond donors (Lipinski definition) is 1. The van der Waals surface area contributed by atoms with E-state index in [1.165, 1.54) is 12.1 Å². The van der Waals surface area contributed by atoms with Crippen LogP contribution in [0.25, 0.3) is 0 Å². The number of likely N-dealkylation sites (tertiary alicyclic amines) is 1. The van der Waals surface area contributed by atoms with Crippen LogP contribution in [-0.2, 0) is 11.0 Å². The molecule has 1 atom stereocenters. The fourth-order valence-corrected chi connectivity index (χ4v) is 3.14. The van der Waals surface area contributed by atoms with E-state index in [9.17, 15) is 18.0 Å². The lowest BCUT2D eigenvalue weighted by molar-refractivity contribution is -0.137. The number of rotatable bonds is 4. The van der Waals surface area contributed by atoms with Crippen molar-refractivity contribution >= 4 is 23.2 Å². The van der Waals surface area contributed by atoms with Crippen molar-refractivity contribution in [3.63, 3.8) is 0 Å². The molecule has 1 aliphatic rings. The molecule has 1 aromatic rings. The summed E-state index contributed by atoms with van der Waals surface area (Å²) in [6.07, 6.45) is -0.463. The van der Waals surface area contributed by atoms with Crippen LogP contribution < -0.4 is 5.32 Å². The number of carbonyl (C=O) groups is 1. The quantitative estimate of drug-likeness (QED) is 0.865. The number of piperidine rings is 1. The van der Waals surface area contributed by atoms with Crippen molar-refractivity contribution in [3.8, 4) is 0 Å². The van der Waals surface area contributed by atoms with Gasteiger partial charge in [0.15, 0.2) is 0 Å². The van der Waals surface area contributed by atoms with Crippen molar-refractivity contribution in [1.82, 2.24) is 4.90 Å². The standard InChI is InChI=1S/C16H20ClF3N2O/c1-2-12-5-3-4-8-22(12)10-15(23)21-14-7-6-11(17)9-13(14)16(18,19)20/h6-7,9,12H,2-5,8,10H2,1H3,(H,21,23). The van der Waals surface area contributed by atoms with Gasteiger partial charge in [0.25, 0.3) is 0 Å². The van der Waals surface area contributed by atoms with Crippen LogP contribution in [0.1, 0.15) is 38.2 Å². The van der Waals surface area contributed by atoms with Gasteiger partial charge in [0.1, 0.15) is 0 Å². The lowest BCUT2D eigenvalue weighted by Crippen LogP contribution is -2.43. The third kappa shape index (κ3) is 4.85. The fraction of sp³-hybridized carbons (Fsp3) is 0.562. The molecule has 1 fully saturated rings. The molecule has 1 N–H and O–H groups in total. The zero-order chi connectivity index (χ0) is 17.0. The van der Waals surface area contributed by atoms with E-state index in [2.05, 4.69) is 12.2 Å². The lowest BCUT2D eigenvalue weighted by Gasteiger charge is -2.34. The van der Waals surface area contributed by atoms with Gasteiger partial charge in [-0.15, -0.1) is 0 Å². The first-order valence-electron chi connectivity index (χ1n) is 7.72. The van der Waals surface area contributed by atoms with Crippen molar-refractivity contribution in [1.29, 1.82) is 0 Å². The average molecular weight is 349 g/mol. The van der Waals surface area contributed by atoms with E-state index in [4.69, 9.17) is 11.6 Å². The zero-order valence-electron chi connectivity index (χ0n) is 12.9. The van der Waals surface area contributed by atoms with E-state index < -0.39 is 17.6 Å². The van der Waals surface area contributed by atoms with Crippen LogP contribution in [0, 0.1) is 0 Å². The van der Waals surface area contributed by atoms with E-state index in [1.807, 2.05) is 4.90 Å². The van der Waals surface area contributed by atoms with Gasteiger partial charge < -0.3 is 5.32 Å². The Morgan fingerprint density at radius 3 is 2.78 bits per heavy atom. The number of nitrogens with zero attached hydrogens (tertiary/aromatic N) is 1. The maximum absolute atomic E-state index is 13.0. The number of halogens is 4. The highest BCUT2D eigenvalue weighted by Crippen LogP contribution is 2.36. The molecular weight excluding hydrogens is 329 g/mol. The molecule has 23 heavy (non-hydrogen) atoms. The monoisotopic (exact) mass is 348 g/mol.